The number of amides is 1. The molecule has 1 atom stereocenters. The van der Waals surface area contributed by atoms with Gasteiger partial charge in [-0.15, -0.1) is 0 Å². The third kappa shape index (κ3) is 5.12. The Morgan fingerprint density at radius 2 is 1.63 bits per heavy atom. The van der Waals surface area contributed by atoms with Gasteiger partial charge in [-0.25, -0.2) is 14.8 Å². The molecule has 1 amide bonds. The topological polar surface area (TPSA) is 90.4 Å². The molecule has 1 unspecified atom stereocenters. The summed E-state index contributed by atoms with van der Waals surface area (Å²) in [6.07, 6.45) is 1.98. The lowest BCUT2D eigenvalue weighted by atomic mass is 10.2. The quantitative estimate of drug-likeness (QED) is 0.675. The van der Waals surface area contributed by atoms with Gasteiger partial charge < -0.3 is 9.47 Å². The number of hydrogen-bond acceptors (Lipinski definition) is 6. The lowest BCUT2D eigenvalue weighted by Gasteiger charge is -2.13. The number of nitrogens with zero attached hydrogens (tertiary/aromatic N) is 2. The van der Waals surface area contributed by atoms with Crippen LogP contribution >= 0.6 is 0 Å². The molecule has 0 aliphatic heterocycles. The molecular formula is C20H17N3O4. The van der Waals surface area contributed by atoms with Gasteiger partial charge in [0, 0.05) is 12.4 Å². The smallest absolute Gasteiger partial charge is 0.339 e. The van der Waals surface area contributed by atoms with Crippen LogP contribution in [0, 0.1) is 0 Å². The Labute approximate surface area is 156 Å². The van der Waals surface area contributed by atoms with Gasteiger partial charge in [0.1, 0.15) is 11.5 Å². The van der Waals surface area contributed by atoms with Crippen LogP contribution in [0.15, 0.2) is 73.1 Å². The minimum absolute atomic E-state index is 0.142. The van der Waals surface area contributed by atoms with E-state index in [1.165, 1.54) is 19.3 Å². The monoisotopic (exact) mass is 363 g/mol. The molecule has 7 heteroatoms. The van der Waals surface area contributed by atoms with E-state index < -0.39 is 18.0 Å². The van der Waals surface area contributed by atoms with E-state index in [1.54, 1.807) is 30.3 Å². The molecule has 2 aromatic carbocycles. The molecule has 1 N–H and O–H groups in total. The third-order valence-corrected chi connectivity index (χ3v) is 3.50. The van der Waals surface area contributed by atoms with Crippen molar-refractivity contribution in [1.29, 1.82) is 0 Å². The largest absolute Gasteiger partial charge is 0.457 e. The van der Waals surface area contributed by atoms with Crippen LogP contribution in [0.25, 0.3) is 0 Å². The van der Waals surface area contributed by atoms with E-state index in [0.717, 1.165) is 0 Å². The zero-order valence-electron chi connectivity index (χ0n) is 14.5. The van der Waals surface area contributed by atoms with Gasteiger partial charge in [0.2, 0.25) is 5.95 Å². The number of esters is 1. The van der Waals surface area contributed by atoms with Crippen molar-refractivity contribution < 1.29 is 19.1 Å². The summed E-state index contributed by atoms with van der Waals surface area (Å²) >= 11 is 0. The standard InChI is InChI=1S/C20H17N3O4/c1-14(18(24)23-20-21-11-6-12-22-20)26-19(25)15-7-5-10-17(13-15)27-16-8-3-2-4-9-16/h2-14H,1H3,(H,21,22,23,24). The van der Waals surface area contributed by atoms with Crippen molar-refractivity contribution in [2.45, 2.75) is 13.0 Å². The summed E-state index contributed by atoms with van der Waals surface area (Å²) < 4.78 is 10.9. The highest BCUT2D eigenvalue weighted by molar-refractivity contribution is 5.96. The fourth-order valence-corrected chi connectivity index (χ4v) is 2.17. The van der Waals surface area contributed by atoms with Crippen LogP contribution in [0.3, 0.4) is 0 Å². The number of ether oxygens (including phenoxy) is 2. The molecule has 0 saturated heterocycles. The Hall–Kier alpha value is -3.74. The number of para-hydroxylation sites is 1. The minimum atomic E-state index is -1.01. The Kier molecular flexibility index (Phi) is 5.73. The van der Waals surface area contributed by atoms with Crippen molar-refractivity contribution in [2.75, 3.05) is 5.32 Å². The van der Waals surface area contributed by atoms with E-state index in [9.17, 15) is 9.59 Å². The Balaban J connectivity index is 1.62. The number of aromatic nitrogens is 2. The molecule has 3 aromatic rings. The Morgan fingerprint density at radius 1 is 0.926 bits per heavy atom. The molecule has 0 aliphatic carbocycles. The van der Waals surface area contributed by atoms with Crippen molar-refractivity contribution in [2.24, 2.45) is 0 Å². The molecule has 1 aromatic heterocycles. The molecule has 0 bridgehead atoms. The van der Waals surface area contributed by atoms with Gasteiger partial charge in [0.15, 0.2) is 6.10 Å². The molecule has 7 nitrogen and oxygen atoms in total. The van der Waals surface area contributed by atoms with Crippen LogP contribution in [0.4, 0.5) is 5.95 Å². The highest BCUT2D eigenvalue weighted by Gasteiger charge is 2.20. The number of hydrogen-bond donors (Lipinski definition) is 1. The lowest BCUT2D eigenvalue weighted by Crippen LogP contribution is -2.30. The number of anilines is 1. The van der Waals surface area contributed by atoms with Gasteiger partial charge in [0.05, 0.1) is 5.56 Å². The zero-order valence-corrected chi connectivity index (χ0v) is 14.5. The van der Waals surface area contributed by atoms with E-state index in [1.807, 2.05) is 30.3 Å². The minimum Gasteiger partial charge on any atom is -0.457 e. The number of carbonyl (C=O) groups excluding carboxylic acids is 2. The second kappa shape index (κ2) is 8.57. The number of benzene rings is 2. The highest BCUT2D eigenvalue weighted by atomic mass is 16.5. The first-order valence-corrected chi connectivity index (χ1v) is 8.23. The van der Waals surface area contributed by atoms with Crippen molar-refractivity contribution in [3.05, 3.63) is 78.6 Å². The normalized spacial score (nSPS) is 11.3. The van der Waals surface area contributed by atoms with Crippen LogP contribution < -0.4 is 10.1 Å². The zero-order chi connectivity index (χ0) is 19.1. The predicted octanol–water partition coefficient (Wildman–Crippen LogP) is 3.45. The van der Waals surface area contributed by atoms with Gasteiger partial charge in [0.25, 0.3) is 5.91 Å². The molecule has 27 heavy (non-hydrogen) atoms. The number of carbonyl (C=O) groups is 2. The SMILES string of the molecule is CC(OC(=O)c1cccc(Oc2ccccc2)c1)C(=O)Nc1ncccn1. The summed E-state index contributed by atoms with van der Waals surface area (Å²) in [5, 5.41) is 2.48. The highest BCUT2D eigenvalue weighted by Crippen LogP contribution is 2.22. The van der Waals surface area contributed by atoms with Crippen LogP contribution in [-0.2, 0) is 9.53 Å². The van der Waals surface area contributed by atoms with Crippen LogP contribution in [0.1, 0.15) is 17.3 Å². The van der Waals surface area contributed by atoms with Gasteiger partial charge in [-0.1, -0.05) is 24.3 Å². The summed E-state index contributed by atoms with van der Waals surface area (Å²) in [4.78, 5) is 32.2. The average Bonchev–Trinajstić information content (AvgIpc) is 2.69. The Morgan fingerprint density at radius 3 is 2.37 bits per heavy atom. The second-order valence-corrected chi connectivity index (χ2v) is 5.55. The maximum Gasteiger partial charge on any atom is 0.339 e. The van der Waals surface area contributed by atoms with E-state index in [2.05, 4.69) is 15.3 Å². The van der Waals surface area contributed by atoms with E-state index in [-0.39, 0.29) is 11.5 Å². The summed E-state index contributed by atoms with van der Waals surface area (Å²) in [5.41, 5.74) is 0.277. The van der Waals surface area contributed by atoms with E-state index >= 15 is 0 Å². The molecule has 0 radical (unpaired) electrons. The van der Waals surface area contributed by atoms with E-state index in [4.69, 9.17) is 9.47 Å². The summed E-state index contributed by atoms with van der Waals surface area (Å²) in [6, 6.07) is 17.4. The molecule has 0 spiro atoms. The van der Waals surface area contributed by atoms with Gasteiger partial charge in [-0.3, -0.25) is 10.1 Å². The summed E-state index contributed by atoms with van der Waals surface area (Å²) in [7, 11) is 0. The number of nitrogens with one attached hydrogen (secondary N) is 1. The molecule has 0 saturated carbocycles. The van der Waals surface area contributed by atoms with E-state index in [0.29, 0.717) is 11.5 Å². The van der Waals surface area contributed by atoms with Gasteiger partial charge in [-0.2, -0.15) is 0 Å². The van der Waals surface area contributed by atoms with Crippen molar-refractivity contribution in [3.63, 3.8) is 0 Å². The summed E-state index contributed by atoms with van der Waals surface area (Å²) in [5.74, 6) is 0.129. The first-order valence-electron chi connectivity index (χ1n) is 8.23. The van der Waals surface area contributed by atoms with Gasteiger partial charge >= 0.3 is 5.97 Å². The van der Waals surface area contributed by atoms with Crippen molar-refractivity contribution in [1.82, 2.24) is 9.97 Å². The van der Waals surface area contributed by atoms with Crippen molar-refractivity contribution >= 4 is 17.8 Å². The molecular weight excluding hydrogens is 346 g/mol. The fraction of sp³-hybridized carbons (Fsp3) is 0.100. The first-order chi connectivity index (χ1) is 13.1. The van der Waals surface area contributed by atoms with Crippen LogP contribution in [-0.4, -0.2) is 27.9 Å². The Bertz CT molecular complexity index is 917. The van der Waals surface area contributed by atoms with Crippen molar-refractivity contribution in [3.8, 4) is 11.5 Å². The summed E-state index contributed by atoms with van der Waals surface area (Å²) in [6.45, 7) is 1.47. The van der Waals surface area contributed by atoms with Crippen LogP contribution in [0.5, 0.6) is 11.5 Å². The molecule has 0 fully saturated rings. The maximum atomic E-state index is 12.3. The first kappa shape index (κ1) is 18.1. The van der Waals surface area contributed by atoms with Crippen LogP contribution in [0.2, 0.25) is 0 Å². The number of rotatable bonds is 6. The van der Waals surface area contributed by atoms with Gasteiger partial charge in [-0.05, 0) is 43.3 Å². The lowest BCUT2D eigenvalue weighted by molar-refractivity contribution is -0.123. The molecule has 1 heterocycles. The average molecular weight is 363 g/mol. The fourth-order valence-electron chi connectivity index (χ4n) is 2.17. The molecule has 0 aliphatic rings. The second-order valence-electron chi connectivity index (χ2n) is 5.55. The molecule has 136 valence electrons. The maximum absolute atomic E-state index is 12.3. The third-order valence-electron chi connectivity index (χ3n) is 3.50. The predicted molar refractivity (Wildman–Crippen MR) is 98.5 cm³/mol. The molecule has 3 rings (SSSR count).